The monoisotopic (exact) mass is 1160 g/mol. The molecule has 82 heavy (non-hydrogen) atoms. The number of ether oxygens (including phenoxy) is 2. The Kier molecular flexibility index (Phi) is 59.2. The van der Waals surface area contributed by atoms with Gasteiger partial charge in [-0.3, -0.25) is 14.2 Å². The molecule has 0 fully saturated rings. The maximum Gasteiger partial charge on any atom is 0.306 e. The van der Waals surface area contributed by atoms with E-state index in [0.717, 1.165) is 109 Å². The Bertz CT molecular complexity index is 1800. The van der Waals surface area contributed by atoms with Gasteiger partial charge in [0.15, 0.2) is 6.10 Å². The number of esters is 2. The lowest BCUT2D eigenvalue weighted by Crippen LogP contribution is -2.37. The van der Waals surface area contributed by atoms with Crippen LogP contribution in [0.15, 0.2) is 122 Å². The number of nitrogens with zero attached hydrogens (tertiary/aromatic N) is 1. The number of carbonyl (C=O) groups excluding carboxylic acids is 2. The zero-order valence-corrected chi connectivity index (χ0v) is 54.3. The van der Waals surface area contributed by atoms with E-state index in [1.165, 1.54) is 122 Å². The van der Waals surface area contributed by atoms with Crippen molar-refractivity contribution in [3.8, 4) is 0 Å². The predicted octanol–water partition coefficient (Wildman–Crippen LogP) is 20.9. The first-order valence-corrected chi connectivity index (χ1v) is 34.7. The van der Waals surface area contributed by atoms with Gasteiger partial charge < -0.3 is 27.9 Å². The third-order valence-corrected chi connectivity index (χ3v) is 14.9. The van der Waals surface area contributed by atoms with E-state index in [1.807, 2.05) is 21.1 Å². The summed E-state index contributed by atoms with van der Waals surface area (Å²) < 4.78 is 34.2. The van der Waals surface area contributed by atoms with E-state index >= 15 is 0 Å². The molecule has 9 nitrogen and oxygen atoms in total. The van der Waals surface area contributed by atoms with E-state index in [4.69, 9.17) is 18.5 Å². The van der Waals surface area contributed by atoms with E-state index in [1.54, 1.807) is 0 Å². The average molecular weight is 1160 g/mol. The van der Waals surface area contributed by atoms with Gasteiger partial charge in [-0.05, 0) is 109 Å². The van der Waals surface area contributed by atoms with Crippen molar-refractivity contribution in [2.24, 2.45) is 0 Å². The van der Waals surface area contributed by atoms with Crippen LogP contribution < -0.4 is 4.89 Å². The smallest absolute Gasteiger partial charge is 0.306 e. The Morgan fingerprint density at radius 1 is 0.390 bits per heavy atom. The molecular formula is C72H124NO8P. The molecule has 10 heteroatoms. The summed E-state index contributed by atoms with van der Waals surface area (Å²) in [7, 11) is 1.15. The first kappa shape index (κ1) is 78.4. The number of hydrogen-bond acceptors (Lipinski definition) is 8. The second-order valence-corrected chi connectivity index (χ2v) is 24.5. The highest BCUT2D eigenvalue weighted by molar-refractivity contribution is 7.45. The van der Waals surface area contributed by atoms with Crippen LogP contribution in [-0.2, 0) is 32.7 Å². The number of likely N-dealkylation sites (N-methyl/N-ethyl adjacent to an activating group) is 1. The standard InChI is InChI=1S/C72H124NO8P/c1-6-8-10-12-14-16-18-20-22-24-26-27-28-29-30-31-32-33-34-35-36-37-38-39-40-41-42-43-44-45-47-49-51-53-55-57-59-61-63-65-72(75)81-70(69-80-82(76,77)79-67-66-73(3,4)5)68-78-71(74)64-62-60-58-56-54-52-50-48-46-25-23-21-19-17-15-13-11-9-7-2/h8,10,14-17,20-23,26-27,29-30,32-33,35-36,46,48,70H,6-7,9,11-13,18-19,24-25,28,31,34,37-45,47,49-69H2,1-5H3/b10-8-,16-14-,17-15-,22-20-,23-21-,27-26-,30-29-,33-32-,36-35-,48-46-. The molecular weight excluding hydrogens is 1040 g/mol. The molecule has 0 bridgehead atoms. The van der Waals surface area contributed by atoms with Crippen LogP contribution in [0.25, 0.3) is 0 Å². The summed E-state index contributed by atoms with van der Waals surface area (Å²) in [6, 6.07) is 0. The molecule has 0 aliphatic heterocycles. The van der Waals surface area contributed by atoms with Crippen molar-refractivity contribution in [1.29, 1.82) is 0 Å². The first-order chi connectivity index (χ1) is 40.0. The van der Waals surface area contributed by atoms with Crippen LogP contribution in [0.1, 0.15) is 271 Å². The van der Waals surface area contributed by atoms with Crippen LogP contribution in [-0.4, -0.2) is 70.0 Å². The molecule has 0 saturated carbocycles. The number of phosphoric ester groups is 1. The van der Waals surface area contributed by atoms with E-state index < -0.39 is 32.5 Å². The molecule has 0 N–H and O–H groups in total. The molecule has 0 aromatic carbocycles. The quantitative estimate of drug-likeness (QED) is 0.0195. The van der Waals surface area contributed by atoms with E-state index in [0.29, 0.717) is 23.9 Å². The van der Waals surface area contributed by atoms with Gasteiger partial charge in [-0.15, -0.1) is 0 Å². The van der Waals surface area contributed by atoms with Crippen molar-refractivity contribution in [3.05, 3.63) is 122 Å². The van der Waals surface area contributed by atoms with Gasteiger partial charge in [0, 0.05) is 12.8 Å². The summed E-state index contributed by atoms with van der Waals surface area (Å²) in [6.45, 7) is 4.09. The SMILES string of the molecule is CC/C=C\C/C=C\C/C=C\C/C=C\C/C=C\C/C=C\C/C=C\CCCCCCCCCCCCCCCCCCCC(=O)OC(COC(=O)CCCCCCCC/C=C\C/C=C\C/C=C\CCCCC)COP(=O)([O-])OCC[N+](C)(C)C. The van der Waals surface area contributed by atoms with E-state index in [9.17, 15) is 19.0 Å². The zero-order chi connectivity index (χ0) is 59.8. The summed E-state index contributed by atoms with van der Waals surface area (Å²) in [5, 5.41) is 0. The minimum absolute atomic E-state index is 0.0370. The van der Waals surface area contributed by atoms with Crippen LogP contribution in [0.4, 0.5) is 0 Å². The van der Waals surface area contributed by atoms with Crippen molar-refractivity contribution in [2.45, 2.75) is 277 Å². The zero-order valence-electron chi connectivity index (χ0n) is 53.4. The Hall–Kier alpha value is -3.59. The van der Waals surface area contributed by atoms with Gasteiger partial charge in [0.1, 0.15) is 19.8 Å². The van der Waals surface area contributed by atoms with Crippen LogP contribution >= 0.6 is 7.82 Å². The molecule has 470 valence electrons. The average Bonchev–Trinajstić information content (AvgIpc) is 3.46. The largest absolute Gasteiger partial charge is 0.756 e. The molecule has 0 aliphatic rings. The lowest BCUT2D eigenvalue weighted by atomic mass is 10.0. The number of rotatable bonds is 60. The summed E-state index contributed by atoms with van der Waals surface area (Å²) in [5.74, 6) is -0.847. The van der Waals surface area contributed by atoms with Crippen LogP contribution in [0.5, 0.6) is 0 Å². The number of phosphoric acid groups is 1. The van der Waals surface area contributed by atoms with E-state index in [-0.39, 0.29) is 26.1 Å². The van der Waals surface area contributed by atoms with Gasteiger partial charge >= 0.3 is 11.9 Å². The second-order valence-electron chi connectivity index (χ2n) is 23.1. The fourth-order valence-corrected chi connectivity index (χ4v) is 9.61. The molecule has 0 amide bonds. The Morgan fingerprint density at radius 3 is 1.04 bits per heavy atom. The van der Waals surface area contributed by atoms with Crippen molar-refractivity contribution < 1.29 is 42.1 Å². The third kappa shape index (κ3) is 65.6. The molecule has 0 spiro atoms. The van der Waals surface area contributed by atoms with Crippen LogP contribution in [0.2, 0.25) is 0 Å². The molecule has 0 rings (SSSR count). The Balaban J connectivity index is 4.03. The fourth-order valence-electron chi connectivity index (χ4n) is 8.88. The number of carbonyl (C=O) groups is 2. The molecule has 0 aromatic heterocycles. The van der Waals surface area contributed by atoms with Crippen LogP contribution in [0, 0.1) is 0 Å². The maximum atomic E-state index is 12.8. The Morgan fingerprint density at radius 2 is 0.695 bits per heavy atom. The van der Waals surface area contributed by atoms with Crippen molar-refractivity contribution in [1.82, 2.24) is 0 Å². The normalized spacial score (nSPS) is 14.0. The minimum atomic E-state index is -4.65. The summed E-state index contributed by atoms with van der Waals surface area (Å²) >= 11 is 0. The maximum absolute atomic E-state index is 12.8. The summed E-state index contributed by atoms with van der Waals surface area (Å²) in [5.41, 5.74) is 0. The second kappa shape index (κ2) is 62.0. The lowest BCUT2D eigenvalue weighted by molar-refractivity contribution is -0.870. The molecule has 0 aliphatic carbocycles. The number of allylic oxidation sites excluding steroid dienone is 20. The highest BCUT2D eigenvalue weighted by atomic mass is 31.2. The first-order valence-electron chi connectivity index (χ1n) is 33.2. The van der Waals surface area contributed by atoms with Gasteiger partial charge in [-0.2, -0.15) is 0 Å². The van der Waals surface area contributed by atoms with Gasteiger partial charge in [-0.25, -0.2) is 0 Å². The Labute approximate surface area is 505 Å². The molecule has 0 heterocycles. The van der Waals surface area contributed by atoms with Crippen LogP contribution in [0.3, 0.4) is 0 Å². The predicted molar refractivity (Wildman–Crippen MR) is 351 cm³/mol. The van der Waals surface area contributed by atoms with Gasteiger partial charge in [0.05, 0.1) is 27.7 Å². The molecule has 0 aromatic rings. The van der Waals surface area contributed by atoms with Crippen molar-refractivity contribution in [2.75, 3.05) is 47.5 Å². The third-order valence-electron chi connectivity index (χ3n) is 14.0. The van der Waals surface area contributed by atoms with Crippen molar-refractivity contribution in [3.63, 3.8) is 0 Å². The fraction of sp³-hybridized carbons (Fsp3) is 0.694. The van der Waals surface area contributed by atoms with Gasteiger partial charge in [-0.1, -0.05) is 270 Å². The number of quaternary nitrogens is 1. The lowest BCUT2D eigenvalue weighted by Gasteiger charge is -2.28. The molecule has 2 atom stereocenters. The molecule has 0 saturated heterocycles. The number of hydrogen-bond donors (Lipinski definition) is 0. The van der Waals surface area contributed by atoms with E-state index in [2.05, 4.69) is 135 Å². The highest BCUT2D eigenvalue weighted by Gasteiger charge is 2.22. The minimum Gasteiger partial charge on any atom is -0.756 e. The van der Waals surface area contributed by atoms with Gasteiger partial charge in [0.2, 0.25) is 0 Å². The summed E-state index contributed by atoms with van der Waals surface area (Å²) in [6.07, 6.45) is 88.4. The number of unbranched alkanes of at least 4 members (excludes halogenated alkanes) is 26. The van der Waals surface area contributed by atoms with Crippen molar-refractivity contribution >= 4 is 19.8 Å². The topological polar surface area (TPSA) is 111 Å². The highest BCUT2D eigenvalue weighted by Crippen LogP contribution is 2.38. The summed E-state index contributed by atoms with van der Waals surface area (Å²) in [4.78, 5) is 38.0. The molecule has 2 unspecified atom stereocenters. The van der Waals surface area contributed by atoms with Gasteiger partial charge in [0.25, 0.3) is 7.82 Å². The molecule has 0 radical (unpaired) electrons.